The maximum atomic E-state index is 11.4. The number of carbonyl (C=O) groups excluding carboxylic acids is 1. The first kappa shape index (κ1) is 13.5. The zero-order valence-electron chi connectivity index (χ0n) is 9.66. The summed E-state index contributed by atoms with van der Waals surface area (Å²) in [5, 5.41) is 3.78. The number of rotatable bonds is 3. The molecule has 92 valence electrons. The van der Waals surface area contributed by atoms with Gasteiger partial charge < -0.3 is 28.4 Å². The molecule has 0 spiro atoms. The van der Waals surface area contributed by atoms with Crippen LogP contribution in [0.1, 0.15) is 5.56 Å². The van der Waals surface area contributed by atoms with Crippen LogP contribution < -0.4 is 23.5 Å². The molecule has 2 rings (SSSR count). The molecule has 4 nitrogen and oxygen atoms in total. The van der Waals surface area contributed by atoms with Crippen LogP contribution in [0, 0.1) is 0 Å². The first-order valence-electron chi connectivity index (χ1n) is 5.32. The van der Waals surface area contributed by atoms with Crippen molar-refractivity contribution < 1.29 is 22.9 Å². The van der Waals surface area contributed by atoms with E-state index in [0.29, 0.717) is 6.42 Å². The van der Waals surface area contributed by atoms with Gasteiger partial charge in [0.2, 0.25) is 0 Å². The van der Waals surface area contributed by atoms with Crippen LogP contribution in [0.15, 0.2) is 30.5 Å². The van der Waals surface area contributed by atoms with Gasteiger partial charge in [-0.2, -0.15) is 0 Å². The topological polar surface area (TPSA) is 72.5 Å². The van der Waals surface area contributed by atoms with Crippen LogP contribution in [0.3, 0.4) is 0 Å². The fourth-order valence-electron chi connectivity index (χ4n) is 1.86. The Bertz CT molecular complexity index is 509. The first-order valence-corrected chi connectivity index (χ1v) is 5.32. The van der Waals surface area contributed by atoms with Crippen LogP contribution >= 0.6 is 0 Å². The number of aromatic nitrogens is 1. The Labute approximate surface area is 106 Å². The number of likely N-dealkylation sites (N-methyl/N-ethyl adjacent to an activating group) is 1. The van der Waals surface area contributed by atoms with Gasteiger partial charge in [0, 0.05) is 30.6 Å². The van der Waals surface area contributed by atoms with Gasteiger partial charge in [0.1, 0.15) is 0 Å². The number of quaternary nitrogens is 1. The van der Waals surface area contributed by atoms with E-state index in [1.54, 1.807) is 7.05 Å². The molecule has 5 N–H and O–H groups in total. The number of fused-ring (bicyclic) bond motifs is 1. The number of benzene rings is 1. The number of nitrogens with one attached hydrogen (secondary N) is 2. The minimum Gasteiger partial charge on any atom is -1.00 e. The molecule has 17 heavy (non-hydrogen) atoms. The second-order valence-electron chi connectivity index (χ2n) is 3.87. The molecule has 1 heterocycles. The van der Waals surface area contributed by atoms with E-state index in [1.807, 2.05) is 24.4 Å². The number of aromatic amines is 1. The number of hydrogen-bond donors (Lipinski definition) is 3. The predicted molar refractivity (Wildman–Crippen MR) is 62.7 cm³/mol. The summed E-state index contributed by atoms with van der Waals surface area (Å²) in [6.07, 6.45) is 2.61. The number of para-hydroxylation sites is 1. The Hall–Kier alpha value is -1.52. The van der Waals surface area contributed by atoms with E-state index < -0.39 is 0 Å². The zero-order chi connectivity index (χ0) is 11.5. The van der Waals surface area contributed by atoms with Gasteiger partial charge in [-0.15, -0.1) is 0 Å². The molecule has 1 atom stereocenters. The lowest BCUT2D eigenvalue weighted by atomic mass is 10.1. The van der Waals surface area contributed by atoms with Gasteiger partial charge in [0.15, 0.2) is 6.04 Å². The third-order valence-electron chi connectivity index (χ3n) is 2.76. The van der Waals surface area contributed by atoms with Gasteiger partial charge >= 0.3 is 0 Å². The van der Waals surface area contributed by atoms with E-state index >= 15 is 0 Å². The molecular formula is C12H16ClN3O. The molecule has 0 aliphatic rings. The van der Waals surface area contributed by atoms with Crippen molar-refractivity contribution in [2.24, 2.45) is 0 Å². The van der Waals surface area contributed by atoms with Crippen LogP contribution in [0.2, 0.25) is 0 Å². The van der Waals surface area contributed by atoms with Crippen molar-refractivity contribution in [3.63, 3.8) is 0 Å². The van der Waals surface area contributed by atoms with Gasteiger partial charge in [-0.05, 0) is 11.6 Å². The van der Waals surface area contributed by atoms with Crippen LogP contribution in [-0.2, 0) is 11.2 Å². The van der Waals surface area contributed by atoms with Crippen molar-refractivity contribution >= 4 is 16.8 Å². The first-order chi connectivity index (χ1) is 7.72. The normalized spacial score (nSPS) is 11.9. The van der Waals surface area contributed by atoms with Crippen LogP contribution in [0.4, 0.5) is 0 Å². The molecule has 0 saturated carbocycles. The second-order valence-corrected chi connectivity index (χ2v) is 3.87. The molecule has 1 amide bonds. The van der Waals surface area contributed by atoms with Gasteiger partial charge in [-0.1, -0.05) is 18.2 Å². The maximum absolute atomic E-state index is 11.4. The Morgan fingerprint density at radius 1 is 1.47 bits per heavy atom. The highest BCUT2D eigenvalue weighted by Gasteiger charge is 2.17. The molecule has 1 aromatic heterocycles. The monoisotopic (exact) mass is 253 g/mol. The highest BCUT2D eigenvalue weighted by molar-refractivity contribution is 5.85. The zero-order valence-corrected chi connectivity index (χ0v) is 10.4. The van der Waals surface area contributed by atoms with E-state index in [4.69, 9.17) is 0 Å². The summed E-state index contributed by atoms with van der Waals surface area (Å²) in [5.41, 5.74) is 6.10. The Balaban J connectivity index is 0.00000144. The molecule has 0 aliphatic carbocycles. The van der Waals surface area contributed by atoms with Gasteiger partial charge in [0.25, 0.3) is 5.91 Å². The SMILES string of the molecule is CNC(=O)[C@H]([NH3+])Cc1c[nH]c2ccccc12.[Cl-]. The van der Waals surface area contributed by atoms with E-state index in [9.17, 15) is 4.79 Å². The molecular weight excluding hydrogens is 238 g/mol. The minimum absolute atomic E-state index is 0. The number of carbonyl (C=O) groups is 1. The number of halogens is 1. The summed E-state index contributed by atoms with van der Waals surface area (Å²) in [6.45, 7) is 0. The lowest BCUT2D eigenvalue weighted by molar-refractivity contribution is -0.403. The minimum atomic E-state index is -0.246. The largest absolute Gasteiger partial charge is 1.00 e. The van der Waals surface area contributed by atoms with E-state index in [0.717, 1.165) is 11.1 Å². The summed E-state index contributed by atoms with van der Waals surface area (Å²) >= 11 is 0. The standard InChI is InChI=1S/C12H15N3O.ClH/c1-14-12(16)10(13)6-8-7-15-11-5-3-2-4-9(8)11;/h2-5,7,10,15H,6,13H2,1H3,(H,14,16);1H/t10-;/m1./s1. The maximum Gasteiger partial charge on any atom is 0.278 e. The molecule has 0 aliphatic heterocycles. The average molecular weight is 254 g/mol. The third kappa shape index (κ3) is 2.78. The van der Waals surface area contributed by atoms with Crippen molar-refractivity contribution in [1.29, 1.82) is 0 Å². The van der Waals surface area contributed by atoms with Gasteiger partial charge in [-0.3, -0.25) is 4.79 Å². The lowest BCUT2D eigenvalue weighted by Crippen LogP contribution is -3.00. The highest BCUT2D eigenvalue weighted by Crippen LogP contribution is 2.18. The molecule has 0 bridgehead atoms. The summed E-state index contributed by atoms with van der Waals surface area (Å²) in [5.74, 6) is -0.0229. The molecule has 0 saturated heterocycles. The summed E-state index contributed by atoms with van der Waals surface area (Å²) < 4.78 is 0. The van der Waals surface area contributed by atoms with E-state index in [-0.39, 0.29) is 24.4 Å². The van der Waals surface area contributed by atoms with Crippen LogP contribution in [0.25, 0.3) is 10.9 Å². The third-order valence-corrected chi connectivity index (χ3v) is 2.76. The number of H-pyrrole nitrogens is 1. The average Bonchev–Trinajstić information content (AvgIpc) is 2.72. The van der Waals surface area contributed by atoms with Crippen molar-refractivity contribution in [3.05, 3.63) is 36.0 Å². The summed E-state index contributed by atoms with van der Waals surface area (Å²) in [6, 6.07) is 7.82. The Kier molecular flexibility index (Phi) is 4.54. The van der Waals surface area contributed by atoms with Crippen molar-refractivity contribution in [1.82, 2.24) is 10.3 Å². The molecule has 0 unspecified atom stereocenters. The fourth-order valence-corrected chi connectivity index (χ4v) is 1.86. The second kappa shape index (κ2) is 5.70. The van der Waals surface area contributed by atoms with Gasteiger partial charge in [0.05, 0.1) is 0 Å². The fraction of sp³-hybridized carbons (Fsp3) is 0.250. The Morgan fingerprint density at radius 3 is 2.88 bits per heavy atom. The molecule has 0 fully saturated rings. The highest BCUT2D eigenvalue weighted by atomic mass is 35.5. The number of hydrogen-bond acceptors (Lipinski definition) is 1. The van der Waals surface area contributed by atoms with Crippen LogP contribution in [-0.4, -0.2) is 24.0 Å². The summed E-state index contributed by atoms with van der Waals surface area (Å²) in [7, 11) is 1.63. The van der Waals surface area contributed by atoms with Crippen molar-refractivity contribution in [2.75, 3.05) is 7.05 Å². The van der Waals surface area contributed by atoms with Gasteiger partial charge in [-0.25, -0.2) is 0 Å². The predicted octanol–water partition coefficient (Wildman–Crippen LogP) is -2.93. The van der Waals surface area contributed by atoms with E-state index in [1.165, 1.54) is 5.39 Å². The smallest absolute Gasteiger partial charge is 0.278 e. The summed E-state index contributed by atoms with van der Waals surface area (Å²) in [4.78, 5) is 14.6. The molecule has 0 radical (unpaired) electrons. The van der Waals surface area contributed by atoms with E-state index in [2.05, 4.69) is 22.1 Å². The Morgan fingerprint density at radius 2 is 2.18 bits per heavy atom. The lowest BCUT2D eigenvalue weighted by Gasteiger charge is -2.05. The molecule has 5 heteroatoms. The van der Waals surface area contributed by atoms with Crippen LogP contribution in [0.5, 0.6) is 0 Å². The van der Waals surface area contributed by atoms with Crippen molar-refractivity contribution in [2.45, 2.75) is 12.5 Å². The van der Waals surface area contributed by atoms with Crippen molar-refractivity contribution in [3.8, 4) is 0 Å². The number of amides is 1. The molecule has 1 aromatic carbocycles. The quantitative estimate of drug-likeness (QED) is 0.539. The molecule has 2 aromatic rings.